The first-order valence-electron chi connectivity index (χ1n) is 23.0. The molecule has 4 amide bonds. The molecule has 0 saturated carbocycles. The van der Waals surface area contributed by atoms with E-state index in [0.717, 1.165) is 30.1 Å². The third kappa shape index (κ3) is 16.9. The Bertz CT molecular complexity index is 2300. The monoisotopic (exact) mass is 1080 g/mol. The van der Waals surface area contributed by atoms with Gasteiger partial charge in [-0.2, -0.15) is 0 Å². The van der Waals surface area contributed by atoms with Gasteiger partial charge < -0.3 is 9.47 Å². The van der Waals surface area contributed by atoms with E-state index in [0.29, 0.717) is 47.9 Å². The van der Waals surface area contributed by atoms with Crippen molar-refractivity contribution in [3.8, 4) is 0 Å². The highest BCUT2D eigenvalue weighted by Gasteiger charge is 2.47. The van der Waals surface area contributed by atoms with Crippen molar-refractivity contribution < 1.29 is 38.2 Å². The molecule has 2 N–H and O–H groups in total. The molecule has 0 aliphatic carbocycles. The zero-order valence-electron chi connectivity index (χ0n) is 41.4. The van der Waals surface area contributed by atoms with Crippen LogP contribution in [-0.4, -0.2) is 70.9 Å². The number of hydrazine groups is 2. The van der Waals surface area contributed by atoms with Gasteiger partial charge in [0, 0.05) is 42.0 Å². The number of rotatable bonds is 20. The average Bonchev–Trinajstić information content (AvgIpc) is 3.34. The van der Waals surface area contributed by atoms with Gasteiger partial charge in [0.15, 0.2) is 12.1 Å². The third-order valence-electron chi connectivity index (χ3n) is 11.3. The van der Waals surface area contributed by atoms with Gasteiger partial charge >= 0.3 is 11.9 Å². The minimum atomic E-state index is -1.14. The summed E-state index contributed by atoms with van der Waals surface area (Å²) in [6.45, 7) is 23.3. The molecule has 0 spiro atoms. The Kier molecular flexibility index (Phi) is 23.4. The Morgan fingerprint density at radius 3 is 1.13 bits per heavy atom. The Hall–Kier alpha value is -6.38. The molecule has 14 heteroatoms. The lowest BCUT2D eigenvalue weighted by atomic mass is 9.77. The SMILES string of the molecule is C=C[C@@](C)(CCC=C(C)C)[C@@H](C(=O)OCC)N(NC(=O)c1ccccc1)C(=O)c1ccc(Br)cc1.C=C[C@](C)(CCC=C(C)C)[C@H](C(=O)OCC)N(NC(=O)c1ccccc1)C(=O)c1ccc(Br)cc1. The van der Waals surface area contributed by atoms with Crippen LogP contribution < -0.4 is 10.9 Å². The van der Waals surface area contributed by atoms with E-state index in [1.54, 1.807) is 135 Å². The maximum absolute atomic E-state index is 13.8. The maximum atomic E-state index is 13.8. The number of ether oxygens (including phenoxy) is 2. The topological polar surface area (TPSA) is 151 Å². The van der Waals surface area contributed by atoms with Crippen molar-refractivity contribution in [2.75, 3.05) is 13.2 Å². The van der Waals surface area contributed by atoms with Crippen molar-refractivity contribution in [3.05, 3.63) is 189 Å². The van der Waals surface area contributed by atoms with Crippen LogP contribution in [0.1, 0.15) is 123 Å². The summed E-state index contributed by atoms with van der Waals surface area (Å²) >= 11 is 6.74. The van der Waals surface area contributed by atoms with Crippen LogP contribution in [0.25, 0.3) is 0 Å². The van der Waals surface area contributed by atoms with Crippen LogP contribution in [0.3, 0.4) is 0 Å². The summed E-state index contributed by atoms with van der Waals surface area (Å²) in [5, 5.41) is 2.20. The number of carbonyl (C=O) groups is 6. The molecule has 70 heavy (non-hydrogen) atoms. The molecular formula is C56H66Br2N4O8. The van der Waals surface area contributed by atoms with Crippen LogP contribution in [0.15, 0.2) is 167 Å². The fourth-order valence-electron chi connectivity index (χ4n) is 7.28. The summed E-state index contributed by atoms with van der Waals surface area (Å²) in [6.07, 6.45) is 9.78. The zero-order chi connectivity index (χ0) is 52.0. The molecule has 0 aliphatic heterocycles. The van der Waals surface area contributed by atoms with Crippen LogP contribution in [0.2, 0.25) is 0 Å². The molecule has 0 heterocycles. The van der Waals surface area contributed by atoms with Gasteiger partial charge in [-0.15, -0.1) is 13.2 Å². The van der Waals surface area contributed by atoms with E-state index in [9.17, 15) is 28.8 Å². The van der Waals surface area contributed by atoms with Gasteiger partial charge in [-0.3, -0.25) is 30.0 Å². The van der Waals surface area contributed by atoms with Crippen molar-refractivity contribution in [1.82, 2.24) is 20.9 Å². The summed E-state index contributed by atoms with van der Waals surface area (Å²) in [6, 6.07) is 28.2. The van der Waals surface area contributed by atoms with Crippen LogP contribution in [-0.2, 0) is 19.1 Å². The van der Waals surface area contributed by atoms with Gasteiger partial charge in [0.25, 0.3) is 23.6 Å². The normalized spacial score (nSPS) is 13.1. The lowest BCUT2D eigenvalue weighted by Gasteiger charge is -2.40. The van der Waals surface area contributed by atoms with Crippen molar-refractivity contribution in [2.45, 2.75) is 93.2 Å². The number of hydrogen-bond acceptors (Lipinski definition) is 8. The minimum absolute atomic E-state index is 0.128. The van der Waals surface area contributed by atoms with Gasteiger partial charge in [0.1, 0.15) is 0 Å². The lowest BCUT2D eigenvalue weighted by Crippen LogP contribution is -2.60. The number of halogens is 2. The molecule has 372 valence electrons. The number of nitrogens with one attached hydrogen (secondary N) is 2. The molecule has 4 aromatic rings. The second-order valence-corrected chi connectivity index (χ2v) is 19.2. The van der Waals surface area contributed by atoms with E-state index in [1.807, 2.05) is 41.5 Å². The first-order valence-corrected chi connectivity index (χ1v) is 24.6. The van der Waals surface area contributed by atoms with Gasteiger partial charge in [0.05, 0.1) is 13.2 Å². The highest BCUT2D eigenvalue weighted by molar-refractivity contribution is 9.10. The Morgan fingerprint density at radius 2 is 0.857 bits per heavy atom. The highest BCUT2D eigenvalue weighted by atomic mass is 79.9. The summed E-state index contributed by atoms with van der Waals surface area (Å²) in [7, 11) is 0. The number of nitrogens with zero attached hydrogens (tertiary/aromatic N) is 2. The largest absolute Gasteiger partial charge is 0.464 e. The smallest absolute Gasteiger partial charge is 0.331 e. The van der Waals surface area contributed by atoms with Gasteiger partial charge in [-0.1, -0.05) is 118 Å². The summed E-state index contributed by atoms with van der Waals surface area (Å²) in [4.78, 5) is 80.5. The number of carbonyl (C=O) groups excluding carboxylic acids is 6. The van der Waals surface area contributed by atoms with Gasteiger partial charge in [-0.05, 0) is 140 Å². The minimum Gasteiger partial charge on any atom is -0.464 e. The molecule has 0 aromatic heterocycles. The quantitative estimate of drug-likeness (QED) is 0.0504. The maximum Gasteiger partial charge on any atom is 0.331 e. The second kappa shape index (κ2) is 28.3. The standard InChI is InChI=1S/2C28H33BrN2O4/c2*1-6-28(5,19-11-12-20(3)4)24(27(34)35-7-2)31(26(33)22-15-17-23(29)18-16-22)30-25(32)21-13-9-8-10-14-21/h2*6,8-10,12-18,24H,1,7,11,19H2,2-5H3,(H,30,32)/t2*24-,28+/m10/s1. The number of allylic oxidation sites excluding steroid dienone is 4. The van der Waals surface area contributed by atoms with Crippen molar-refractivity contribution in [2.24, 2.45) is 10.8 Å². The molecule has 4 rings (SSSR count). The molecule has 4 atom stereocenters. The predicted molar refractivity (Wildman–Crippen MR) is 283 cm³/mol. The fourth-order valence-corrected chi connectivity index (χ4v) is 7.81. The van der Waals surface area contributed by atoms with Crippen molar-refractivity contribution >= 4 is 67.4 Å². The lowest BCUT2D eigenvalue weighted by molar-refractivity contribution is -0.154. The molecule has 0 fully saturated rings. The van der Waals surface area contributed by atoms with E-state index in [1.165, 1.54) is 0 Å². The third-order valence-corrected chi connectivity index (χ3v) is 12.4. The molecule has 0 unspecified atom stereocenters. The van der Waals surface area contributed by atoms with E-state index in [-0.39, 0.29) is 13.2 Å². The van der Waals surface area contributed by atoms with Crippen LogP contribution in [0.4, 0.5) is 0 Å². The Labute approximate surface area is 430 Å². The molecule has 0 radical (unpaired) electrons. The number of benzene rings is 4. The summed E-state index contributed by atoms with van der Waals surface area (Å²) in [5.74, 6) is -3.33. The number of esters is 2. The van der Waals surface area contributed by atoms with E-state index < -0.39 is 58.5 Å². The zero-order valence-corrected chi connectivity index (χ0v) is 44.6. The van der Waals surface area contributed by atoms with Crippen LogP contribution in [0, 0.1) is 10.8 Å². The van der Waals surface area contributed by atoms with E-state index in [2.05, 4.69) is 68.0 Å². The number of hydrogen-bond donors (Lipinski definition) is 2. The molecular weight excluding hydrogens is 1020 g/mol. The van der Waals surface area contributed by atoms with Crippen molar-refractivity contribution in [3.63, 3.8) is 0 Å². The first kappa shape index (κ1) is 57.9. The Balaban J connectivity index is 0.000000370. The van der Waals surface area contributed by atoms with Crippen LogP contribution >= 0.6 is 31.9 Å². The first-order chi connectivity index (χ1) is 33.2. The summed E-state index contributed by atoms with van der Waals surface area (Å²) < 4.78 is 12.4. The van der Waals surface area contributed by atoms with Crippen LogP contribution in [0.5, 0.6) is 0 Å². The second-order valence-electron chi connectivity index (χ2n) is 17.3. The van der Waals surface area contributed by atoms with Crippen molar-refractivity contribution in [1.29, 1.82) is 0 Å². The molecule has 4 aromatic carbocycles. The predicted octanol–water partition coefficient (Wildman–Crippen LogP) is 12.2. The van der Waals surface area contributed by atoms with E-state index >= 15 is 0 Å². The summed E-state index contributed by atoms with van der Waals surface area (Å²) in [5.41, 5.74) is 7.22. The molecule has 0 bridgehead atoms. The van der Waals surface area contributed by atoms with Gasteiger partial charge in [0.2, 0.25) is 0 Å². The number of amides is 4. The molecule has 0 saturated heterocycles. The Morgan fingerprint density at radius 1 is 0.543 bits per heavy atom. The van der Waals surface area contributed by atoms with Gasteiger partial charge in [-0.25, -0.2) is 19.6 Å². The molecule has 0 aliphatic rings. The highest BCUT2D eigenvalue weighted by Crippen LogP contribution is 2.36. The molecule has 12 nitrogen and oxygen atoms in total. The fraction of sp³-hybridized carbons (Fsp3) is 0.321. The van der Waals surface area contributed by atoms with E-state index in [4.69, 9.17) is 9.47 Å². The average molecular weight is 1080 g/mol.